The van der Waals surface area contributed by atoms with Gasteiger partial charge in [0.2, 0.25) is 5.91 Å². The molecule has 1 aromatic carbocycles. The summed E-state index contributed by atoms with van der Waals surface area (Å²) >= 11 is 11.9. The van der Waals surface area contributed by atoms with Crippen LogP contribution in [0.15, 0.2) is 23.3 Å². The Hall–Kier alpha value is -2.12. The molecule has 1 aliphatic rings. The number of anilines is 1. The molecule has 0 aliphatic carbocycles. The number of hydrogen-bond acceptors (Lipinski definition) is 5. The normalized spacial score (nSPS) is 14.0. The zero-order valence-electron chi connectivity index (χ0n) is 11.5. The topological polar surface area (TPSA) is 81.4 Å². The summed E-state index contributed by atoms with van der Waals surface area (Å²) in [5, 5.41) is 15.7. The molecule has 0 saturated carbocycles. The number of nitrogens with zero attached hydrogens (tertiary/aromatic N) is 4. The van der Waals surface area contributed by atoms with E-state index in [9.17, 15) is 4.79 Å². The second kappa shape index (κ2) is 5.94. The smallest absolute Gasteiger partial charge is 0.252 e. The van der Waals surface area contributed by atoms with Gasteiger partial charge in [0, 0.05) is 10.7 Å². The molecule has 0 atom stereocenters. The van der Waals surface area contributed by atoms with Crippen LogP contribution >= 0.6 is 23.2 Å². The van der Waals surface area contributed by atoms with E-state index in [1.54, 1.807) is 25.1 Å². The van der Waals surface area contributed by atoms with Crippen LogP contribution in [0, 0.1) is 0 Å². The third-order valence-corrected chi connectivity index (χ3v) is 3.42. The number of amides is 1. The number of benzene rings is 1. The van der Waals surface area contributed by atoms with Gasteiger partial charge in [-0.05, 0) is 25.1 Å². The van der Waals surface area contributed by atoms with Gasteiger partial charge >= 0.3 is 0 Å². The van der Waals surface area contributed by atoms with Gasteiger partial charge in [-0.25, -0.2) is 0 Å². The highest BCUT2D eigenvalue weighted by atomic mass is 35.5. The molecule has 3 rings (SSSR count). The predicted octanol–water partition coefficient (Wildman–Crippen LogP) is 2.73. The highest BCUT2D eigenvalue weighted by molar-refractivity contribution is 6.35. The van der Waals surface area contributed by atoms with Crippen molar-refractivity contribution in [1.29, 1.82) is 0 Å². The molecule has 0 saturated heterocycles. The van der Waals surface area contributed by atoms with Gasteiger partial charge in [-0.3, -0.25) is 10.1 Å². The minimum atomic E-state index is -0.180. The Morgan fingerprint density at radius 2 is 2.18 bits per heavy atom. The van der Waals surface area contributed by atoms with Gasteiger partial charge in [-0.1, -0.05) is 23.2 Å². The molecule has 9 heteroatoms. The summed E-state index contributed by atoms with van der Waals surface area (Å²) in [4.78, 5) is 11.6. The molecular weight excluding hydrogens is 329 g/mol. The Kier molecular flexibility index (Phi) is 4.00. The number of fused-ring (bicyclic) bond motifs is 1. The lowest BCUT2D eigenvalue weighted by molar-refractivity contribution is -0.115. The number of hydrogen-bond donors (Lipinski definition) is 1. The Bertz CT molecular complexity index is 772. The lowest BCUT2D eigenvalue weighted by Gasteiger charge is -2.08. The lowest BCUT2D eigenvalue weighted by atomic mass is 10.3. The van der Waals surface area contributed by atoms with E-state index in [-0.39, 0.29) is 24.9 Å². The van der Waals surface area contributed by atoms with Gasteiger partial charge in [-0.2, -0.15) is 9.78 Å². The van der Waals surface area contributed by atoms with Crippen LogP contribution in [0.2, 0.25) is 10.0 Å². The molecule has 1 aliphatic heterocycles. The van der Waals surface area contributed by atoms with E-state index in [2.05, 4.69) is 20.6 Å². The largest absolute Gasteiger partial charge is 0.484 e. The van der Waals surface area contributed by atoms with Gasteiger partial charge < -0.3 is 4.74 Å². The van der Waals surface area contributed by atoms with Crippen molar-refractivity contribution >= 4 is 40.8 Å². The average Bonchev–Trinajstić information content (AvgIpc) is 2.73. The molecule has 0 bridgehead atoms. The van der Waals surface area contributed by atoms with Crippen molar-refractivity contribution < 1.29 is 9.53 Å². The molecule has 2 heterocycles. The van der Waals surface area contributed by atoms with Crippen LogP contribution in [0.4, 0.5) is 5.95 Å². The second-order valence-corrected chi connectivity index (χ2v) is 5.52. The molecule has 0 radical (unpaired) electrons. The van der Waals surface area contributed by atoms with E-state index in [1.165, 1.54) is 4.68 Å². The summed E-state index contributed by atoms with van der Waals surface area (Å²) in [5.41, 5.74) is 0.654. The summed E-state index contributed by atoms with van der Waals surface area (Å²) in [6, 6.07) is 4.93. The Morgan fingerprint density at radius 3 is 2.95 bits per heavy atom. The third-order valence-electron chi connectivity index (χ3n) is 2.89. The molecule has 2 aromatic rings. The lowest BCUT2D eigenvalue weighted by Crippen LogP contribution is -2.13. The maximum atomic E-state index is 11.6. The first-order valence-electron chi connectivity index (χ1n) is 6.39. The second-order valence-electron chi connectivity index (χ2n) is 4.68. The first-order chi connectivity index (χ1) is 10.5. The van der Waals surface area contributed by atoms with Crippen LogP contribution in [0.3, 0.4) is 0 Å². The van der Waals surface area contributed by atoms with E-state index in [4.69, 9.17) is 27.9 Å². The van der Waals surface area contributed by atoms with Crippen LogP contribution in [0.25, 0.3) is 0 Å². The molecule has 0 spiro atoms. The van der Waals surface area contributed by atoms with Crippen LogP contribution in [-0.4, -0.2) is 26.5 Å². The average molecular weight is 340 g/mol. The number of carbonyl (C=O) groups excluding carboxylic acids is 1. The fourth-order valence-corrected chi connectivity index (χ4v) is 2.39. The van der Waals surface area contributed by atoms with Crippen LogP contribution in [0.5, 0.6) is 5.75 Å². The van der Waals surface area contributed by atoms with Crippen LogP contribution in [-0.2, 0) is 11.4 Å². The molecular formula is C13H11Cl2N5O2. The predicted molar refractivity (Wildman–Crippen MR) is 82.6 cm³/mol. The van der Waals surface area contributed by atoms with E-state index in [0.717, 1.165) is 0 Å². The van der Waals surface area contributed by atoms with Gasteiger partial charge in [0.1, 0.15) is 12.4 Å². The fraction of sp³-hybridized carbons (Fsp3) is 0.231. The molecule has 1 amide bonds. The maximum absolute atomic E-state index is 11.6. The third kappa shape index (κ3) is 3.05. The first-order valence-corrected chi connectivity index (χ1v) is 7.15. The summed E-state index contributed by atoms with van der Waals surface area (Å²) in [6.45, 7) is 1.86. The summed E-state index contributed by atoms with van der Waals surface area (Å²) < 4.78 is 7.06. The SMILES string of the molecule is CC1=Nn2c(COc3ccc(Cl)cc3Cl)nnc2NC(=O)C1. The van der Waals surface area contributed by atoms with Gasteiger partial charge in [-0.15, -0.1) is 10.2 Å². The number of nitrogens with one attached hydrogen (secondary N) is 1. The molecule has 7 nitrogen and oxygen atoms in total. The van der Waals surface area contributed by atoms with Crippen molar-refractivity contribution in [3.8, 4) is 5.75 Å². The number of rotatable bonds is 3. The number of ether oxygens (including phenoxy) is 1. The molecule has 0 fully saturated rings. The van der Waals surface area contributed by atoms with Gasteiger partial charge in [0.15, 0.2) is 5.82 Å². The summed E-state index contributed by atoms with van der Waals surface area (Å²) in [5.74, 6) is 1.01. The van der Waals surface area contributed by atoms with Crippen LogP contribution < -0.4 is 10.1 Å². The van der Waals surface area contributed by atoms with Crippen molar-refractivity contribution in [3.63, 3.8) is 0 Å². The molecule has 114 valence electrons. The first kappa shape index (κ1) is 14.8. The van der Waals surface area contributed by atoms with Crippen molar-refractivity contribution in [1.82, 2.24) is 14.9 Å². The minimum absolute atomic E-state index is 0.0982. The zero-order valence-corrected chi connectivity index (χ0v) is 13.0. The van der Waals surface area contributed by atoms with E-state index in [1.807, 2.05) is 0 Å². The Balaban J connectivity index is 1.82. The Labute approximate surface area is 135 Å². The summed E-state index contributed by atoms with van der Waals surface area (Å²) in [6.07, 6.45) is 0.215. The molecule has 0 unspecified atom stereocenters. The van der Waals surface area contributed by atoms with E-state index in [0.29, 0.717) is 27.3 Å². The molecule has 1 aromatic heterocycles. The molecule has 22 heavy (non-hydrogen) atoms. The Morgan fingerprint density at radius 1 is 1.36 bits per heavy atom. The van der Waals surface area contributed by atoms with Crippen molar-refractivity contribution in [3.05, 3.63) is 34.1 Å². The van der Waals surface area contributed by atoms with Crippen molar-refractivity contribution in [2.24, 2.45) is 5.10 Å². The summed E-state index contributed by atoms with van der Waals surface area (Å²) in [7, 11) is 0. The zero-order chi connectivity index (χ0) is 15.7. The van der Waals surface area contributed by atoms with Crippen molar-refractivity contribution in [2.75, 3.05) is 5.32 Å². The number of aromatic nitrogens is 3. The monoisotopic (exact) mass is 339 g/mol. The number of carbonyl (C=O) groups is 1. The highest BCUT2D eigenvalue weighted by Crippen LogP contribution is 2.28. The standard InChI is InChI=1S/C13H11Cl2N5O2/c1-7-4-12(21)16-13-18-17-11(20(13)19-7)6-22-10-3-2-8(14)5-9(10)15/h2-3,5H,4,6H2,1H3,(H,16,18,21). The van der Waals surface area contributed by atoms with E-state index >= 15 is 0 Å². The number of halogens is 2. The van der Waals surface area contributed by atoms with E-state index < -0.39 is 0 Å². The van der Waals surface area contributed by atoms with Gasteiger partial charge in [0.25, 0.3) is 5.95 Å². The highest BCUT2D eigenvalue weighted by Gasteiger charge is 2.19. The molecule has 1 N–H and O–H groups in total. The fourth-order valence-electron chi connectivity index (χ4n) is 1.93. The minimum Gasteiger partial charge on any atom is -0.484 e. The van der Waals surface area contributed by atoms with Crippen molar-refractivity contribution in [2.45, 2.75) is 20.0 Å². The maximum Gasteiger partial charge on any atom is 0.252 e. The van der Waals surface area contributed by atoms with Crippen LogP contribution in [0.1, 0.15) is 19.2 Å². The quantitative estimate of drug-likeness (QED) is 0.931. The van der Waals surface area contributed by atoms with Gasteiger partial charge in [0.05, 0.1) is 11.4 Å².